The Morgan fingerprint density at radius 1 is 1.10 bits per heavy atom. The zero-order valence-corrected chi connectivity index (χ0v) is 18.3. The highest BCUT2D eigenvalue weighted by molar-refractivity contribution is 7.99. The van der Waals surface area contributed by atoms with Gasteiger partial charge in [-0.2, -0.15) is 0 Å². The van der Waals surface area contributed by atoms with Crippen LogP contribution in [-0.2, 0) is 0 Å². The molecule has 0 atom stereocenters. The number of para-hydroxylation sites is 1. The molecule has 2 aromatic heterocycles. The van der Waals surface area contributed by atoms with Gasteiger partial charge in [0.1, 0.15) is 4.83 Å². The molecule has 0 saturated heterocycles. The van der Waals surface area contributed by atoms with Gasteiger partial charge in [-0.15, -0.1) is 11.3 Å². The van der Waals surface area contributed by atoms with Gasteiger partial charge >= 0.3 is 0 Å². The van der Waals surface area contributed by atoms with E-state index in [1.54, 1.807) is 22.8 Å². The largest absolute Gasteiger partial charge is 0.293 e. The average molecular weight is 461 g/mol. The molecule has 0 unspecified atom stereocenters. The molecule has 29 heavy (non-hydrogen) atoms. The number of nitrogens with zero attached hydrogens (tertiary/aromatic N) is 2. The highest BCUT2D eigenvalue weighted by atomic mass is 35.5. The molecule has 0 aliphatic rings. The van der Waals surface area contributed by atoms with E-state index in [4.69, 9.17) is 23.2 Å². The second-order valence-electron chi connectivity index (χ2n) is 6.29. The third-order valence-corrected chi connectivity index (χ3v) is 6.87. The van der Waals surface area contributed by atoms with Gasteiger partial charge in [0.2, 0.25) is 0 Å². The van der Waals surface area contributed by atoms with Crippen molar-refractivity contribution in [3.8, 4) is 5.69 Å². The molecule has 0 bridgehead atoms. The van der Waals surface area contributed by atoms with Gasteiger partial charge in [-0.3, -0.25) is 14.2 Å². The van der Waals surface area contributed by atoms with Gasteiger partial charge in [0, 0.05) is 10.4 Å². The molecule has 0 fully saturated rings. The first-order valence-electron chi connectivity index (χ1n) is 8.63. The van der Waals surface area contributed by atoms with Crippen LogP contribution in [0.15, 0.2) is 64.5 Å². The summed E-state index contributed by atoms with van der Waals surface area (Å²) in [6, 6.07) is 15.9. The second-order valence-corrected chi connectivity index (χ2v) is 9.28. The number of aryl methyl sites for hydroxylation is 1. The Balaban J connectivity index is 1.73. The Morgan fingerprint density at radius 2 is 1.86 bits per heavy atom. The summed E-state index contributed by atoms with van der Waals surface area (Å²) >= 11 is 14.6. The predicted octanol–water partition coefficient (Wildman–Crippen LogP) is 6.04. The summed E-state index contributed by atoms with van der Waals surface area (Å²) in [4.78, 5) is 32.2. The molecule has 4 rings (SSSR count). The number of carbonyl (C=O) groups is 1. The van der Waals surface area contributed by atoms with Crippen molar-refractivity contribution in [1.29, 1.82) is 0 Å². The van der Waals surface area contributed by atoms with Crippen molar-refractivity contribution in [3.63, 3.8) is 0 Å². The molecule has 0 saturated carbocycles. The Hall–Kier alpha value is -2.12. The Bertz CT molecular complexity index is 1280. The maximum absolute atomic E-state index is 13.2. The van der Waals surface area contributed by atoms with Crippen molar-refractivity contribution < 1.29 is 4.79 Å². The van der Waals surface area contributed by atoms with E-state index >= 15 is 0 Å². The topological polar surface area (TPSA) is 52.0 Å². The van der Waals surface area contributed by atoms with Crippen LogP contribution in [0.25, 0.3) is 15.9 Å². The molecule has 146 valence electrons. The number of fused-ring (bicyclic) bond motifs is 1. The average Bonchev–Trinajstić information content (AvgIpc) is 3.09. The maximum atomic E-state index is 13.2. The van der Waals surface area contributed by atoms with Crippen molar-refractivity contribution in [3.05, 3.63) is 85.4 Å². The molecule has 8 heteroatoms. The number of Topliss-reactive ketones (excluding diaryl/α,β-unsaturated/α-hetero) is 1. The zero-order chi connectivity index (χ0) is 20.5. The second kappa shape index (κ2) is 8.32. The van der Waals surface area contributed by atoms with Crippen molar-refractivity contribution in [2.24, 2.45) is 0 Å². The molecule has 0 N–H and O–H groups in total. The van der Waals surface area contributed by atoms with Gasteiger partial charge in [0.25, 0.3) is 5.56 Å². The van der Waals surface area contributed by atoms with E-state index < -0.39 is 0 Å². The minimum absolute atomic E-state index is 0.118. The van der Waals surface area contributed by atoms with Crippen LogP contribution < -0.4 is 5.56 Å². The SMILES string of the molecule is Cc1cc2c(=O)n(-c3ccccc3)c(SCC(=O)c3ccc(Cl)c(Cl)c3)nc2s1. The first-order valence-corrected chi connectivity index (χ1v) is 11.2. The van der Waals surface area contributed by atoms with Gasteiger partial charge in [0.15, 0.2) is 10.9 Å². The highest BCUT2D eigenvalue weighted by Crippen LogP contribution is 2.27. The third-order valence-electron chi connectivity index (χ3n) is 4.25. The summed E-state index contributed by atoms with van der Waals surface area (Å²) in [7, 11) is 0. The van der Waals surface area contributed by atoms with Crippen molar-refractivity contribution in [2.45, 2.75) is 12.1 Å². The standard InChI is InChI=1S/C21H14Cl2N2O2S2/c1-12-9-15-19(29-12)24-21(25(20(15)27)14-5-3-2-4-6-14)28-11-18(26)13-7-8-16(22)17(23)10-13/h2-10H,11H2,1H3. The summed E-state index contributed by atoms with van der Waals surface area (Å²) in [5.74, 6) is -0.00232. The smallest absolute Gasteiger partial charge is 0.267 e. The van der Waals surface area contributed by atoms with Crippen molar-refractivity contribution >= 4 is 62.3 Å². The normalized spacial score (nSPS) is 11.1. The molecule has 0 aliphatic heterocycles. The van der Waals surface area contributed by atoms with Crippen LogP contribution in [0.3, 0.4) is 0 Å². The lowest BCUT2D eigenvalue weighted by Gasteiger charge is -2.11. The Kier molecular flexibility index (Phi) is 5.79. The number of ketones is 1. The van der Waals surface area contributed by atoms with Crippen LogP contribution in [0.2, 0.25) is 10.0 Å². The van der Waals surface area contributed by atoms with Crippen LogP contribution in [0.4, 0.5) is 0 Å². The zero-order valence-electron chi connectivity index (χ0n) is 15.2. The summed E-state index contributed by atoms with van der Waals surface area (Å²) < 4.78 is 1.56. The van der Waals surface area contributed by atoms with Gasteiger partial charge in [-0.1, -0.05) is 53.2 Å². The molecule has 2 heterocycles. The predicted molar refractivity (Wildman–Crippen MR) is 121 cm³/mol. The fraction of sp³-hybridized carbons (Fsp3) is 0.0952. The molecule has 4 nitrogen and oxygen atoms in total. The number of benzene rings is 2. The number of rotatable bonds is 5. The van der Waals surface area contributed by atoms with Crippen molar-refractivity contribution in [2.75, 3.05) is 5.75 Å². The number of hydrogen-bond acceptors (Lipinski definition) is 5. The molecule has 4 aromatic rings. The van der Waals surface area contributed by atoms with Gasteiger partial charge in [-0.25, -0.2) is 4.98 Å². The van der Waals surface area contributed by atoms with Crippen molar-refractivity contribution in [1.82, 2.24) is 9.55 Å². The molecule has 0 radical (unpaired) electrons. The lowest BCUT2D eigenvalue weighted by molar-refractivity contribution is 0.102. The number of thiophene rings is 1. The fourth-order valence-corrected chi connectivity index (χ4v) is 4.99. The summed E-state index contributed by atoms with van der Waals surface area (Å²) in [5.41, 5.74) is 1.03. The van der Waals surface area contributed by atoms with E-state index in [1.807, 2.05) is 43.3 Å². The van der Waals surface area contributed by atoms with Crippen LogP contribution >= 0.6 is 46.3 Å². The number of halogens is 2. The molecule has 0 spiro atoms. The van der Waals surface area contributed by atoms with Crippen LogP contribution in [0, 0.1) is 6.92 Å². The lowest BCUT2D eigenvalue weighted by atomic mass is 10.1. The van der Waals surface area contributed by atoms with Crippen LogP contribution in [0.5, 0.6) is 0 Å². The van der Waals surface area contributed by atoms with Gasteiger partial charge in [0.05, 0.1) is 26.9 Å². The van der Waals surface area contributed by atoms with E-state index in [9.17, 15) is 9.59 Å². The summed E-state index contributed by atoms with van der Waals surface area (Å²) in [6.45, 7) is 1.94. The lowest BCUT2D eigenvalue weighted by Crippen LogP contribution is -2.21. The minimum Gasteiger partial charge on any atom is -0.293 e. The maximum Gasteiger partial charge on any atom is 0.267 e. The molecule has 0 amide bonds. The quantitative estimate of drug-likeness (QED) is 0.207. The summed E-state index contributed by atoms with van der Waals surface area (Å²) in [6.07, 6.45) is 0. The number of hydrogen-bond donors (Lipinski definition) is 0. The van der Waals surface area contributed by atoms with E-state index in [0.717, 1.165) is 4.88 Å². The van der Waals surface area contributed by atoms with Crippen LogP contribution in [-0.4, -0.2) is 21.1 Å². The first-order chi connectivity index (χ1) is 13.9. The molecule has 2 aromatic carbocycles. The Labute approximate surface area is 185 Å². The van der Waals surface area contributed by atoms with Crippen LogP contribution in [0.1, 0.15) is 15.2 Å². The Morgan fingerprint density at radius 3 is 2.59 bits per heavy atom. The number of aromatic nitrogens is 2. The number of thioether (sulfide) groups is 1. The first kappa shape index (κ1) is 20.2. The molecular weight excluding hydrogens is 447 g/mol. The van der Waals surface area contributed by atoms with Gasteiger partial charge < -0.3 is 0 Å². The van der Waals surface area contributed by atoms with Gasteiger partial charge in [-0.05, 0) is 43.3 Å². The monoisotopic (exact) mass is 460 g/mol. The van der Waals surface area contributed by atoms with E-state index in [-0.39, 0.29) is 17.1 Å². The van der Waals surface area contributed by atoms with E-state index in [1.165, 1.54) is 23.1 Å². The summed E-state index contributed by atoms with van der Waals surface area (Å²) in [5, 5.41) is 1.78. The van der Waals surface area contributed by atoms with E-state index in [0.29, 0.717) is 36.7 Å². The number of carbonyl (C=O) groups excluding carboxylic acids is 1. The molecule has 0 aliphatic carbocycles. The fourth-order valence-electron chi connectivity index (χ4n) is 2.87. The minimum atomic E-state index is -0.143. The third kappa shape index (κ3) is 4.12. The van der Waals surface area contributed by atoms with E-state index in [2.05, 4.69) is 4.98 Å². The molecular formula is C21H14Cl2N2O2S2. The highest BCUT2D eigenvalue weighted by Gasteiger charge is 2.17.